The Morgan fingerprint density at radius 1 is 1.32 bits per heavy atom. The van der Waals surface area contributed by atoms with Crippen LogP contribution >= 0.6 is 46.3 Å². The van der Waals surface area contributed by atoms with Crippen LogP contribution in [0.2, 0.25) is 10.0 Å². The minimum absolute atomic E-state index is 0.101. The zero-order chi connectivity index (χ0) is 22.0. The summed E-state index contributed by atoms with van der Waals surface area (Å²) < 4.78 is 1.67. The molecule has 3 heterocycles. The highest BCUT2D eigenvalue weighted by Gasteiger charge is 2.20. The van der Waals surface area contributed by atoms with Crippen LogP contribution in [0, 0.1) is 0 Å². The molecule has 4 rings (SSSR count). The molecule has 0 aliphatic heterocycles. The van der Waals surface area contributed by atoms with Crippen molar-refractivity contribution in [3.63, 3.8) is 0 Å². The number of carbonyl (C=O) groups excluding carboxylic acids is 1. The summed E-state index contributed by atoms with van der Waals surface area (Å²) >= 11 is 14.8. The van der Waals surface area contributed by atoms with Crippen molar-refractivity contribution in [3.05, 3.63) is 58.8 Å². The van der Waals surface area contributed by atoms with E-state index >= 15 is 0 Å². The molecule has 0 N–H and O–H groups in total. The topological polar surface area (TPSA) is 76.8 Å². The first-order valence-corrected chi connectivity index (χ1v) is 11.7. The average Bonchev–Trinajstić information content (AvgIpc) is 3.40. The zero-order valence-electron chi connectivity index (χ0n) is 16.3. The van der Waals surface area contributed by atoms with Gasteiger partial charge in [-0.3, -0.25) is 14.4 Å². The van der Waals surface area contributed by atoms with Gasteiger partial charge in [0.25, 0.3) is 0 Å². The van der Waals surface area contributed by atoms with Crippen LogP contribution in [-0.2, 0) is 11.8 Å². The van der Waals surface area contributed by atoms with Crippen molar-refractivity contribution < 1.29 is 4.79 Å². The number of fused-ring (bicyclic) bond motifs is 1. The summed E-state index contributed by atoms with van der Waals surface area (Å²) in [5.74, 6) is 0.0897. The predicted molar refractivity (Wildman–Crippen MR) is 127 cm³/mol. The monoisotopic (exact) mass is 490 g/mol. The maximum Gasteiger partial charge on any atom is 0.239 e. The molecule has 11 heteroatoms. The molecular weight excluding hydrogens is 475 g/mol. The van der Waals surface area contributed by atoms with Crippen molar-refractivity contribution in [3.8, 4) is 11.3 Å². The van der Waals surface area contributed by atoms with Gasteiger partial charge in [-0.25, -0.2) is 15.0 Å². The quantitative estimate of drug-likeness (QED) is 0.203. The van der Waals surface area contributed by atoms with Gasteiger partial charge in [-0.1, -0.05) is 47.1 Å². The number of carbonyl (C=O) groups is 1. The molecule has 0 fully saturated rings. The van der Waals surface area contributed by atoms with Crippen molar-refractivity contribution in [2.75, 3.05) is 17.2 Å². The van der Waals surface area contributed by atoms with Gasteiger partial charge >= 0.3 is 0 Å². The van der Waals surface area contributed by atoms with Crippen LogP contribution in [0.1, 0.15) is 0 Å². The summed E-state index contributed by atoms with van der Waals surface area (Å²) in [6.45, 7) is 4.12. The van der Waals surface area contributed by atoms with Gasteiger partial charge < -0.3 is 0 Å². The summed E-state index contributed by atoms with van der Waals surface area (Å²) in [7, 11) is 1.81. The zero-order valence-corrected chi connectivity index (χ0v) is 19.5. The largest absolute Gasteiger partial charge is 0.284 e. The number of amides is 1. The van der Waals surface area contributed by atoms with Gasteiger partial charge in [-0.15, -0.1) is 17.9 Å². The van der Waals surface area contributed by atoms with E-state index in [9.17, 15) is 4.79 Å². The number of hydrogen-bond acceptors (Lipinski definition) is 7. The summed E-state index contributed by atoms with van der Waals surface area (Å²) in [5.41, 5.74) is 2.28. The fourth-order valence-corrected chi connectivity index (χ4v) is 4.85. The molecule has 0 aliphatic rings. The molecule has 1 aromatic carbocycles. The number of benzene rings is 1. The second-order valence-corrected chi connectivity index (χ2v) is 9.03. The molecule has 31 heavy (non-hydrogen) atoms. The molecule has 0 bridgehead atoms. The van der Waals surface area contributed by atoms with Crippen LogP contribution < -0.4 is 4.90 Å². The van der Waals surface area contributed by atoms with Gasteiger partial charge in [0.2, 0.25) is 5.91 Å². The Morgan fingerprint density at radius 2 is 2.16 bits per heavy atom. The van der Waals surface area contributed by atoms with Gasteiger partial charge in [-0.05, 0) is 12.1 Å². The Balaban J connectivity index is 1.53. The molecule has 0 spiro atoms. The summed E-state index contributed by atoms with van der Waals surface area (Å²) in [4.78, 5) is 27.8. The number of aromatic nitrogens is 5. The van der Waals surface area contributed by atoms with Crippen molar-refractivity contribution in [2.45, 2.75) is 5.03 Å². The van der Waals surface area contributed by atoms with Crippen LogP contribution in [0.15, 0.2) is 53.8 Å². The highest BCUT2D eigenvalue weighted by molar-refractivity contribution is 8.00. The van der Waals surface area contributed by atoms with E-state index in [2.05, 4.69) is 26.6 Å². The summed E-state index contributed by atoms with van der Waals surface area (Å²) in [6, 6.07) is 5.33. The first-order valence-electron chi connectivity index (χ1n) is 9.05. The van der Waals surface area contributed by atoms with Crippen molar-refractivity contribution >= 4 is 68.4 Å². The maximum atomic E-state index is 13.0. The third-order valence-electron chi connectivity index (χ3n) is 4.38. The molecule has 158 valence electrons. The van der Waals surface area contributed by atoms with E-state index in [1.807, 2.05) is 18.5 Å². The van der Waals surface area contributed by atoms with Gasteiger partial charge in [0, 0.05) is 24.5 Å². The molecule has 0 saturated heterocycles. The van der Waals surface area contributed by atoms with E-state index in [0.29, 0.717) is 26.7 Å². The van der Waals surface area contributed by atoms with E-state index in [0.717, 1.165) is 22.3 Å². The molecule has 0 unspecified atom stereocenters. The first kappa shape index (κ1) is 21.8. The Kier molecular flexibility index (Phi) is 6.57. The second kappa shape index (κ2) is 9.35. The number of halogens is 2. The maximum absolute atomic E-state index is 13.0. The Labute approximate surface area is 196 Å². The molecule has 4 aromatic rings. The van der Waals surface area contributed by atoms with E-state index in [-0.39, 0.29) is 11.7 Å². The molecule has 0 aliphatic carbocycles. The normalized spacial score (nSPS) is 11.1. The van der Waals surface area contributed by atoms with Crippen LogP contribution in [0.25, 0.3) is 22.3 Å². The Bertz CT molecular complexity index is 1270. The SMILES string of the molecule is C=CCN(C(=O)CSc1ncnc2c1cnn2C)c1nc(-c2ccc(Cl)c(Cl)c2)cs1. The number of nitrogens with zero attached hydrogens (tertiary/aromatic N) is 6. The molecular formula is C20H16Cl2N6OS2. The minimum atomic E-state index is -0.101. The van der Waals surface area contributed by atoms with Crippen molar-refractivity contribution in [1.82, 2.24) is 24.7 Å². The standard InChI is InChI=1S/C20H16Cl2N6OS2/c1-3-6-28(20-26-16(9-31-20)12-4-5-14(21)15(22)7-12)17(29)10-30-19-13-8-25-27(2)18(13)23-11-24-19/h3-5,7-9,11H,1,6,10H2,2H3. The van der Waals surface area contributed by atoms with Gasteiger partial charge in [0.15, 0.2) is 10.8 Å². The van der Waals surface area contributed by atoms with E-state index in [1.165, 1.54) is 29.4 Å². The van der Waals surface area contributed by atoms with Gasteiger partial charge in [-0.2, -0.15) is 5.10 Å². The molecule has 3 aromatic heterocycles. The number of aryl methyl sites for hydroxylation is 1. The summed E-state index contributed by atoms with van der Waals surface area (Å²) in [5, 5.41) is 9.13. The fraction of sp³-hybridized carbons (Fsp3) is 0.150. The number of thiazole rings is 1. The van der Waals surface area contributed by atoms with Crippen LogP contribution in [-0.4, -0.2) is 42.9 Å². The number of rotatable bonds is 7. The number of hydrogen-bond donors (Lipinski definition) is 0. The van der Waals surface area contributed by atoms with Gasteiger partial charge in [0.05, 0.1) is 33.1 Å². The van der Waals surface area contributed by atoms with Crippen LogP contribution in [0.3, 0.4) is 0 Å². The Hall–Kier alpha value is -2.46. The third-order valence-corrected chi connectivity index (χ3v) is 6.97. The van der Waals surface area contributed by atoms with Crippen LogP contribution in [0.5, 0.6) is 0 Å². The predicted octanol–water partition coefficient (Wildman–Crippen LogP) is 5.10. The smallest absolute Gasteiger partial charge is 0.239 e. The minimum Gasteiger partial charge on any atom is -0.284 e. The molecule has 0 atom stereocenters. The lowest BCUT2D eigenvalue weighted by Gasteiger charge is -2.17. The molecule has 0 radical (unpaired) electrons. The first-order chi connectivity index (χ1) is 15.0. The second-order valence-electron chi connectivity index (χ2n) is 6.41. The fourth-order valence-electron chi connectivity index (χ4n) is 2.86. The average molecular weight is 491 g/mol. The molecule has 7 nitrogen and oxygen atoms in total. The van der Waals surface area contributed by atoms with E-state index in [1.54, 1.807) is 34.0 Å². The van der Waals surface area contributed by atoms with E-state index in [4.69, 9.17) is 23.2 Å². The van der Waals surface area contributed by atoms with E-state index < -0.39 is 0 Å². The van der Waals surface area contributed by atoms with Gasteiger partial charge in [0.1, 0.15) is 11.4 Å². The van der Waals surface area contributed by atoms with Crippen molar-refractivity contribution in [1.29, 1.82) is 0 Å². The molecule has 1 amide bonds. The summed E-state index contributed by atoms with van der Waals surface area (Å²) in [6.07, 6.45) is 4.85. The molecule has 0 saturated carbocycles. The highest BCUT2D eigenvalue weighted by atomic mass is 35.5. The lowest BCUT2D eigenvalue weighted by atomic mass is 10.2. The van der Waals surface area contributed by atoms with Crippen LogP contribution in [0.4, 0.5) is 5.13 Å². The third kappa shape index (κ3) is 4.59. The Morgan fingerprint density at radius 3 is 2.94 bits per heavy atom. The lowest BCUT2D eigenvalue weighted by molar-refractivity contribution is -0.116. The number of thioether (sulfide) groups is 1. The lowest BCUT2D eigenvalue weighted by Crippen LogP contribution is -2.32. The van der Waals surface area contributed by atoms with Crippen molar-refractivity contribution in [2.24, 2.45) is 7.05 Å². The highest BCUT2D eigenvalue weighted by Crippen LogP contribution is 2.32. The number of anilines is 1.